The first kappa shape index (κ1) is 14.2. The van der Waals surface area contributed by atoms with Gasteiger partial charge in [-0.2, -0.15) is 0 Å². The molecule has 2 aromatic rings. The molecular weight excluding hydrogens is 280 g/mol. The first-order valence-corrected chi connectivity index (χ1v) is 8.23. The first-order valence-electron chi connectivity index (χ1n) is 7.25. The first-order chi connectivity index (χ1) is 10.2. The minimum absolute atomic E-state index is 0.0930. The van der Waals surface area contributed by atoms with Gasteiger partial charge in [0, 0.05) is 10.6 Å². The Labute approximate surface area is 129 Å². The maximum atomic E-state index is 10.7. The van der Waals surface area contributed by atoms with Crippen LogP contribution < -0.4 is 0 Å². The van der Waals surface area contributed by atoms with Gasteiger partial charge in [0.15, 0.2) is 0 Å². The largest absolute Gasteiger partial charge is 0.481 e. The molecule has 1 N–H and O–H groups in total. The highest BCUT2D eigenvalue weighted by atomic mass is 32.2. The molecule has 0 fully saturated rings. The number of rotatable bonds is 5. The third-order valence-corrected chi connectivity index (χ3v) is 4.93. The van der Waals surface area contributed by atoms with E-state index in [2.05, 4.69) is 18.2 Å². The number of aryl methyl sites for hydroxylation is 2. The zero-order chi connectivity index (χ0) is 14.7. The maximum absolute atomic E-state index is 10.7. The quantitative estimate of drug-likeness (QED) is 0.845. The second-order valence-electron chi connectivity index (χ2n) is 5.46. The molecule has 0 saturated carbocycles. The van der Waals surface area contributed by atoms with E-state index in [-0.39, 0.29) is 6.42 Å². The number of thioether (sulfide) groups is 1. The molecule has 3 heteroatoms. The number of carboxylic acids is 1. The Kier molecular flexibility index (Phi) is 4.30. The van der Waals surface area contributed by atoms with Crippen molar-refractivity contribution in [3.8, 4) is 0 Å². The van der Waals surface area contributed by atoms with Crippen LogP contribution in [0, 0.1) is 0 Å². The summed E-state index contributed by atoms with van der Waals surface area (Å²) in [6.45, 7) is 0. The van der Waals surface area contributed by atoms with Gasteiger partial charge >= 0.3 is 5.97 Å². The fourth-order valence-electron chi connectivity index (χ4n) is 2.76. The van der Waals surface area contributed by atoms with Crippen LogP contribution in [-0.2, 0) is 29.8 Å². The Balaban J connectivity index is 1.61. The van der Waals surface area contributed by atoms with Crippen LogP contribution in [0.4, 0.5) is 0 Å². The molecule has 0 spiro atoms. The fraction of sp³-hybridized carbons (Fsp3) is 0.278. The summed E-state index contributed by atoms with van der Waals surface area (Å²) in [4.78, 5) is 11.8. The molecule has 21 heavy (non-hydrogen) atoms. The van der Waals surface area contributed by atoms with Crippen LogP contribution in [0.3, 0.4) is 0 Å². The van der Waals surface area contributed by atoms with Crippen molar-refractivity contribution < 1.29 is 9.90 Å². The van der Waals surface area contributed by atoms with Crippen LogP contribution in [0.15, 0.2) is 47.4 Å². The van der Waals surface area contributed by atoms with Crippen molar-refractivity contribution in [1.29, 1.82) is 0 Å². The van der Waals surface area contributed by atoms with Gasteiger partial charge < -0.3 is 5.11 Å². The van der Waals surface area contributed by atoms with Gasteiger partial charge in [-0.05, 0) is 53.6 Å². The van der Waals surface area contributed by atoms with E-state index in [1.807, 2.05) is 24.3 Å². The van der Waals surface area contributed by atoms with E-state index in [9.17, 15) is 4.79 Å². The molecule has 3 rings (SSSR count). The van der Waals surface area contributed by atoms with E-state index < -0.39 is 5.97 Å². The highest BCUT2D eigenvalue weighted by Crippen LogP contribution is 2.27. The van der Waals surface area contributed by atoms with Crippen molar-refractivity contribution >= 4 is 17.7 Å². The highest BCUT2D eigenvalue weighted by molar-refractivity contribution is 7.98. The number of benzene rings is 2. The predicted molar refractivity (Wildman–Crippen MR) is 85.8 cm³/mol. The normalized spacial score (nSPS) is 13.1. The Hall–Kier alpha value is -1.74. The smallest absolute Gasteiger partial charge is 0.307 e. The van der Waals surface area contributed by atoms with Gasteiger partial charge in [-0.1, -0.05) is 30.3 Å². The van der Waals surface area contributed by atoms with Crippen molar-refractivity contribution in [1.82, 2.24) is 0 Å². The zero-order valence-electron chi connectivity index (χ0n) is 11.8. The average Bonchev–Trinajstić information content (AvgIpc) is 2.93. The van der Waals surface area contributed by atoms with Crippen molar-refractivity contribution in [2.24, 2.45) is 0 Å². The molecule has 0 saturated heterocycles. The molecule has 0 aromatic heterocycles. The number of carbonyl (C=O) groups is 1. The number of hydrogen-bond acceptors (Lipinski definition) is 2. The second-order valence-corrected chi connectivity index (χ2v) is 6.51. The van der Waals surface area contributed by atoms with Crippen LogP contribution in [0.2, 0.25) is 0 Å². The summed E-state index contributed by atoms with van der Waals surface area (Å²) in [5.74, 6) is 0.180. The predicted octanol–water partition coefficient (Wildman–Crippen LogP) is 4.09. The molecule has 1 aliphatic carbocycles. The molecule has 0 bridgehead atoms. The van der Waals surface area contributed by atoms with Crippen LogP contribution in [-0.4, -0.2) is 11.1 Å². The van der Waals surface area contributed by atoms with Gasteiger partial charge in [0.1, 0.15) is 0 Å². The molecular formula is C18H18O2S. The topological polar surface area (TPSA) is 37.3 Å². The third-order valence-electron chi connectivity index (χ3n) is 3.85. The minimum atomic E-state index is -0.784. The molecule has 1 aliphatic rings. The molecule has 2 nitrogen and oxygen atoms in total. The van der Waals surface area contributed by atoms with Crippen LogP contribution in [0.1, 0.15) is 28.7 Å². The van der Waals surface area contributed by atoms with E-state index in [1.165, 1.54) is 40.8 Å². The summed E-state index contributed by atoms with van der Waals surface area (Å²) >= 11 is 1.80. The summed E-state index contributed by atoms with van der Waals surface area (Å²) in [5, 5.41) is 8.76. The van der Waals surface area contributed by atoms with Crippen molar-refractivity contribution in [2.45, 2.75) is 36.3 Å². The second kappa shape index (κ2) is 6.35. The van der Waals surface area contributed by atoms with E-state index in [4.69, 9.17) is 5.11 Å². The number of aliphatic carboxylic acids is 1. The molecule has 0 unspecified atom stereocenters. The average molecular weight is 298 g/mol. The van der Waals surface area contributed by atoms with Gasteiger partial charge in [-0.25, -0.2) is 0 Å². The summed E-state index contributed by atoms with van der Waals surface area (Å²) in [6, 6.07) is 14.7. The lowest BCUT2D eigenvalue weighted by atomic mass is 10.1. The van der Waals surface area contributed by atoms with Crippen LogP contribution in [0.25, 0.3) is 0 Å². The zero-order valence-corrected chi connectivity index (χ0v) is 12.7. The molecule has 0 heterocycles. The molecule has 0 amide bonds. The minimum Gasteiger partial charge on any atom is -0.481 e. The molecule has 0 radical (unpaired) electrons. The molecule has 0 aliphatic heterocycles. The van der Waals surface area contributed by atoms with E-state index in [0.717, 1.165) is 11.3 Å². The lowest BCUT2D eigenvalue weighted by Crippen LogP contribution is -1.99. The third kappa shape index (κ3) is 3.67. The Morgan fingerprint density at radius 2 is 1.71 bits per heavy atom. The van der Waals surface area contributed by atoms with Crippen molar-refractivity contribution in [3.63, 3.8) is 0 Å². The monoisotopic (exact) mass is 298 g/mol. The summed E-state index contributed by atoms with van der Waals surface area (Å²) < 4.78 is 0. The van der Waals surface area contributed by atoms with Crippen molar-refractivity contribution in [3.05, 3.63) is 64.7 Å². The van der Waals surface area contributed by atoms with E-state index in [1.54, 1.807) is 11.8 Å². The molecule has 2 aromatic carbocycles. The number of hydrogen-bond donors (Lipinski definition) is 1. The SMILES string of the molecule is O=C(O)Cc1ccc(SCc2ccc3c(c2)CCC3)cc1. The Morgan fingerprint density at radius 3 is 2.48 bits per heavy atom. The number of fused-ring (bicyclic) bond motifs is 1. The van der Waals surface area contributed by atoms with E-state index >= 15 is 0 Å². The summed E-state index contributed by atoms with van der Waals surface area (Å²) in [7, 11) is 0. The fourth-order valence-corrected chi connectivity index (χ4v) is 3.60. The van der Waals surface area contributed by atoms with Gasteiger partial charge in [0.05, 0.1) is 6.42 Å². The Morgan fingerprint density at radius 1 is 1.00 bits per heavy atom. The van der Waals surface area contributed by atoms with Gasteiger partial charge in [0.2, 0.25) is 0 Å². The van der Waals surface area contributed by atoms with Crippen molar-refractivity contribution in [2.75, 3.05) is 0 Å². The summed E-state index contributed by atoms with van der Waals surface area (Å²) in [6.07, 6.45) is 3.83. The van der Waals surface area contributed by atoms with Crippen LogP contribution >= 0.6 is 11.8 Å². The Bertz CT molecular complexity index is 647. The van der Waals surface area contributed by atoms with Crippen LogP contribution in [0.5, 0.6) is 0 Å². The standard InChI is InChI=1S/C18H18O2S/c19-18(20)11-13-5-8-17(9-6-13)21-12-14-4-7-15-2-1-3-16(15)10-14/h4-10H,1-3,11-12H2,(H,19,20). The summed E-state index contributed by atoms with van der Waals surface area (Å²) in [5.41, 5.74) is 5.26. The highest BCUT2D eigenvalue weighted by Gasteiger charge is 2.10. The van der Waals surface area contributed by atoms with E-state index in [0.29, 0.717) is 0 Å². The lowest BCUT2D eigenvalue weighted by molar-refractivity contribution is -0.136. The lowest BCUT2D eigenvalue weighted by Gasteiger charge is -2.06. The maximum Gasteiger partial charge on any atom is 0.307 e. The molecule has 108 valence electrons. The number of carboxylic acid groups (broad SMARTS) is 1. The molecule has 0 atom stereocenters. The van der Waals surface area contributed by atoms with Gasteiger partial charge in [0.25, 0.3) is 0 Å². The van der Waals surface area contributed by atoms with Gasteiger partial charge in [-0.15, -0.1) is 11.8 Å². The van der Waals surface area contributed by atoms with Gasteiger partial charge in [-0.3, -0.25) is 4.79 Å².